The number of alkyl halides is 3. The summed E-state index contributed by atoms with van der Waals surface area (Å²) in [6.07, 6.45) is -4.32. The van der Waals surface area contributed by atoms with Gasteiger partial charge in [0.1, 0.15) is 12.4 Å². The predicted octanol–water partition coefficient (Wildman–Crippen LogP) is 4.99. The summed E-state index contributed by atoms with van der Waals surface area (Å²) in [4.78, 5) is 15.4. The van der Waals surface area contributed by atoms with E-state index in [-0.39, 0.29) is 17.0 Å². The quantitative estimate of drug-likeness (QED) is 0.620. The Morgan fingerprint density at radius 1 is 1.19 bits per heavy atom. The second-order valence-corrected chi connectivity index (χ2v) is 6.86. The average Bonchev–Trinajstić information content (AvgIpc) is 2.91. The van der Waals surface area contributed by atoms with Crippen molar-refractivity contribution in [2.24, 2.45) is 0 Å². The van der Waals surface area contributed by atoms with Crippen molar-refractivity contribution in [3.05, 3.63) is 74.8 Å². The molecule has 1 aromatic heterocycles. The Morgan fingerprint density at radius 3 is 2.63 bits per heavy atom. The van der Waals surface area contributed by atoms with Crippen LogP contribution in [0.5, 0.6) is 0 Å². The van der Waals surface area contributed by atoms with Gasteiger partial charge in [-0.2, -0.15) is 13.2 Å². The Morgan fingerprint density at radius 2 is 1.93 bits per heavy atom. The van der Waals surface area contributed by atoms with Crippen molar-refractivity contribution in [2.45, 2.75) is 18.6 Å². The topological polar surface area (TPSA) is 36.1 Å². The monoisotopic (exact) mass is 396 g/mol. The fourth-order valence-corrected chi connectivity index (χ4v) is 4.04. The van der Waals surface area contributed by atoms with E-state index < -0.39 is 30.1 Å². The van der Waals surface area contributed by atoms with Crippen LogP contribution in [0.2, 0.25) is 5.02 Å². The molecule has 1 aliphatic heterocycles. The second-order valence-electron chi connectivity index (χ2n) is 6.45. The normalized spacial score (nSPS) is 16.8. The van der Waals surface area contributed by atoms with Crippen molar-refractivity contribution < 1.29 is 17.6 Å². The highest BCUT2D eigenvalue weighted by Crippen LogP contribution is 2.46. The molecular formula is C19H13ClF4N2O. The van der Waals surface area contributed by atoms with Gasteiger partial charge in [0, 0.05) is 22.7 Å². The summed E-state index contributed by atoms with van der Waals surface area (Å²) >= 11 is 6.22. The lowest BCUT2D eigenvalue weighted by Gasteiger charge is -2.29. The third-order valence-electron chi connectivity index (χ3n) is 4.74. The van der Waals surface area contributed by atoms with Crippen LogP contribution >= 0.6 is 11.6 Å². The predicted molar refractivity (Wildman–Crippen MR) is 95.8 cm³/mol. The molecule has 1 aliphatic rings. The number of hydrogen-bond donors (Lipinski definition) is 1. The van der Waals surface area contributed by atoms with Gasteiger partial charge >= 0.3 is 6.18 Å². The van der Waals surface area contributed by atoms with E-state index in [9.17, 15) is 22.4 Å². The molecular weight excluding hydrogens is 384 g/mol. The molecule has 0 fully saturated rings. The minimum absolute atomic E-state index is 0.148. The van der Waals surface area contributed by atoms with Crippen LogP contribution in [0.4, 0.5) is 23.2 Å². The van der Waals surface area contributed by atoms with E-state index in [1.165, 1.54) is 36.4 Å². The van der Waals surface area contributed by atoms with E-state index >= 15 is 0 Å². The summed E-state index contributed by atoms with van der Waals surface area (Å²) in [6.45, 7) is -1.22. The number of aromatic nitrogens is 1. The number of anilines is 1. The van der Waals surface area contributed by atoms with Crippen molar-refractivity contribution in [3.63, 3.8) is 0 Å². The van der Waals surface area contributed by atoms with Crippen LogP contribution in [-0.4, -0.2) is 17.7 Å². The number of benzene rings is 2. The molecule has 4 rings (SSSR count). The van der Waals surface area contributed by atoms with E-state index in [1.54, 1.807) is 6.07 Å². The third kappa shape index (κ3) is 3.16. The Hall–Kier alpha value is -2.54. The van der Waals surface area contributed by atoms with E-state index in [1.807, 2.05) is 0 Å². The maximum atomic E-state index is 14.3. The summed E-state index contributed by atoms with van der Waals surface area (Å²) in [7, 11) is 0. The Balaban J connectivity index is 1.93. The molecule has 1 atom stereocenters. The Bertz CT molecular complexity index is 1090. The molecule has 1 unspecified atom stereocenters. The molecule has 2 aromatic carbocycles. The van der Waals surface area contributed by atoms with Crippen LogP contribution in [0.1, 0.15) is 17.2 Å². The van der Waals surface area contributed by atoms with E-state index in [0.717, 1.165) is 4.90 Å². The maximum absolute atomic E-state index is 14.3. The minimum atomic E-state index is -4.46. The molecule has 0 amide bonds. The highest BCUT2D eigenvalue weighted by Gasteiger charge is 2.40. The average molecular weight is 397 g/mol. The molecule has 0 saturated heterocycles. The van der Waals surface area contributed by atoms with Gasteiger partial charge in [-0.25, -0.2) is 4.39 Å². The molecule has 0 radical (unpaired) electrons. The summed E-state index contributed by atoms with van der Waals surface area (Å²) in [5.41, 5.74) is 1.12. The first-order valence-electron chi connectivity index (χ1n) is 8.17. The maximum Gasteiger partial charge on any atom is 0.405 e. The Kier molecular flexibility index (Phi) is 4.14. The number of halogens is 5. The number of nitrogens with zero attached hydrogens (tertiary/aromatic N) is 1. The highest BCUT2D eigenvalue weighted by molar-refractivity contribution is 6.35. The first kappa shape index (κ1) is 17.9. The first-order valence-corrected chi connectivity index (χ1v) is 8.54. The zero-order valence-corrected chi connectivity index (χ0v) is 14.5. The van der Waals surface area contributed by atoms with Crippen molar-refractivity contribution >= 4 is 28.2 Å². The largest absolute Gasteiger partial charge is 0.405 e. The molecule has 3 aromatic rings. The molecule has 27 heavy (non-hydrogen) atoms. The van der Waals surface area contributed by atoms with E-state index in [4.69, 9.17) is 11.6 Å². The lowest BCUT2D eigenvalue weighted by Crippen LogP contribution is -2.35. The standard InChI is InChI=1S/C19H13ClF4N2O/c20-12-8-17(27)25-14-5-6-15-11(18(12)14)7-16(26(15)9-19(22,23)24)10-3-1-2-4-13(10)21/h1-6,8,16H,7,9H2,(H,25,27). The van der Waals surface area contributed by atoms with Crippen molar-refractivity contribution in [1.82, 2.24) is 4.98 Å². The van der Waals surface area contributed by atoms with Crippen LogP contribution in [0.25, 0.3) is 10.9 Å². The number of H-pyrrole nitrogens is 1. The molecule has 0 bridgehead atoms. The van der Waals surface area contributed by atoms with Gasteiger partial charge in [0.2, 0.25) is 5.56 Å². The molecule has 0 spiro atoms. The van der Waals surface area contributed by atoms with Crippen molar-refractivity contribution in [3.8, 4) is 0 Å². The summed E-state index contributed by atoms with van der Waals surface area (Å²) in [5, 5.41) is 0.645. The smallest absolute Gasteiger partial charge is 0.355 e. The van der Waals surface area contributed by atoms with Crippen molar-refractivity contribution in [1.29, 1.82) is 0 Å². The number of fused-ring (bicyclic) bond motifs is 3. The van der Waals surface area contributed by atoms with Gasteiger partial charge in [-0.15, -0.1) is 0 Å². The molecule has 140 valence electrons. The van der Waals surface area contributed by atoms with Gasteiger partial charge in [-0.1, -0.05) is 29.8 Å². The molecule has 2 heterocycles. The lowest BCUT2D eigenvalue weighted by molar-refractivity contribution is -0.120. The van der Waals surface area contributed by atoms with Gasteiger partial charge in [0.05, 0.1) is 16.6 Å². The number of hydrogen-bond acceptors (Lipinski definition) is 2. The van der Waals surface area contributed by atoms with Crippen LogP contribution in [-0.2, 0) is 6.42 Å². The second kappa shape index (κ2) is 6.27. The molecule has 0 saturated carbocycles. The summed E-state index contributed by atoms with van der Waals surface area (Å²) in [6, 6.07) is 9.20. The minimum Gasteiger partial charge on any atom is -0.355 e. The van der Waals surface area contributed by atoms with Crippen LogP contribution < -0.4 is 10.5 Å². The van der Waals surface area contributed by atoms with Gasteiger partial charge in [-0.3, -0.25) is 4.79 Å². The van der Waals surface area contributed by atoms with Crippen LogP contribution in [0.15, 0.2) is 47.3 Å². The van der Waals surface area contributed by atoms with Gasteiger partial charge in [0.15, 0.2) is 0 Å². The van der Waals surface area contributed by atoms with Crippen LogP contribution in [0, 0.1) is 5.82 Å². The highest BCUT2D eigenvalue weighted by atomic mass is 35.5. The zero-order valence-electron chi connectivity index (χ0n) is 13.8. The van der Waals surface area contributed by atoms with Crippen molar-refractivity contribution in [2.75, 3.05) is 11.4 Å². The molecule has 3 nitrogen and oxygen atoms in total. The van der Waals surface area contributed by atoms with Gasteiger partial charge in [0.25, 0.3) is 0 Å². The fourth-order valence-electron chi connectivity index (χ4n) is 3.73. The molecule has 0 aliphatic carbocycles. The van der Waals surface area contributed by atoms with Gasteiger partial charge in [-0.05, 0) is 30.2 Å². The van der Waals surface area contributed by atoms with Crippen LogP contribution in [0.3, 0.4) is 0 Å². The fraction of sp³-hybridized carbons (Fsp3) is 0.211. The molecule has 1 N–H and O–H groups in total. The number of rotatable bonds is 2. The number of aromatic amines is 1. The van der Waals surface area contributed by atoms with E-state index in [2.05, 4.69) is 4.98 Å². The third-order valence-corrected chi connectivity index (χ3v) is 5.04. The zero-order chi connectivity index (χ0) is 19.3. The number of pyridine rings is 1. The van der Waals surface area contributed by atoms with Gasteiger partial charge < -0.3 is 9.88 Å². The Labute approximate surface area is 156 Å². The summed E-state index contributed by atoms with van der Waals surface area (Å²) in [5.74, 6) is -0.564. The van der Waals surface area contributed by atoms with E-state index in [0.29, 0.717) is 22.2 Å². The SMILES string of the molecule is O=c1cc(Cl)c2c3c(ccc2[nH]1)N(CC(F)(F)F)C(c1ccccc1F)C3. The lowest BCUT2D eigenvalue weighted by atomic mass is 9.99. The summed E-state index contributed by atoms with van der Waals surface area (Å²) < 4.78 is 54.0. The first-order chi connectivity index (χ1) is 12.7. The molecule has 8 heteroatoms. The number of nitrogens with one attached hydrogen (secondary N) is 1.